The zero-order valence-corrected chi connectivity index (χ0v) is 16.0. The molecule has 3 rings (SSSR count). The Labute approximate surface area is 166 Å². The standard InChI is InChI=1S/C22H19F2NO2S/c1-2-27-19-11-7-6-10-18(19)25-22(26)21(15-8-4-3-5-9-15)28-20-13-12-16(23)14-17(20)24/h3-14,21H,2H2,1H3,(H,25,26)/t21-/m0/s1. The topological polar surface area (TPSA) is 38.3 Å². The van der Waals surface area contributed by atoms with E-state index in [1.807, 2.05) is 31.2 Å². The molecule has 3 nitrogen and oxygen atoms in total. The van der Waals surface area contributed by atoms with Crippen LogP contribution in [0, 0.1) is 11.6 Å². The summed E-state index contributed by atoms with van der Waals surface area (Å²) in [5.74, 6) is -1.13. The second-order valence-electron chi connectivity index (χ2n) is 5.90. The first-order valence-corrected chi connectivity index (χ1v) is 9.65. The first kappa shape index (κ1) is 19.9. The van der Waals surface area contributed by atoms with Crippen molar-refractivity contribution < 1.29 is 18.3 Å². The van der Waals surface area contributed by atoms with Crippen LogP contribution >= 0.6 is 11.8 Å². The molecule has 144 valence electrons. The molecule has 0 aliphatic rings. The average molecular weight is 399 g/mol. The molecule has 0 heterocycles. The van der Waals surface area contributed by atoms with Gasteiger partial charge in [-0.1, -0.05) is 42.5 Å². The van der Waals surface area contributed by atoms with Crippen LogP contribution in [0.5, 0.6) is 5.75 Å². The average Bonchev–Trinajstić information content (AvgIpc) is 2.69. The summed E-state index contributed by atoms with van der Waals surface area (Å²) in [4.78, 5) is 13.3. The fraction of sp³-hybridized carbons (Fsp3) is 0.136. The molecule has 1 amide bonds. The van der Waals surface area contributed by atoms with Gasteiger partial charge in [-0.3, -0.25) is 4.79 Å². The summed E-state index contributed by atoms with van der Waals surface area (Å²) < 4.78 is 32.9. The molecule has 28 heavy (non-hydrogen) atoms. The van der Waals surface area contributed by atoms with Gasteiger partial charge in [0.25, 0.3) is 0 Å². The highest BCUT2D eigenvalue weighted by Crippen LogP contribution is 2.38. The van der Waals surface area contributed by atoms with Crippen molar-refractivity contribution in [1.29, 1.82) is 0 Å². The number of hydrogen-bond donors (Lipinski definition) is 1. The third-order valence-electron chi connectivity index (χ3n) is 3.92. The number of hydrogen-bond acceptors (Lipinski definition) is 3. The van der Waals surface area contributed by atoms with Crippen molar-refractivity contribution in [2.24, 2.45) is 0 Å². The molecular weight excluding hydrogens is 380 g/mol. The van der Waals surface area contributed by atoms with Gasteiger partial charge in [0.15, 0.2) is 0 Å². The Morgan fingerprint density at radius 2 is 1.75 bits per heavy atom. The fourth-order valence-electron chi connectivity index (χ4n) is 2.65. The molecule has 0 aliphatic heterocycles. The number of benzene rings is 3. The van der Waals surface area contributed by atoms with Crippen molar-refractivity contribution in [3.63, 3.8) is 0 Å². The molecule has 0 fully saturated rings. The van der Waals surface area contributed by atoms with Gasteiger partial charge in [-0.05, 0) is 36.8 Å². The number of halogens is 2. The van der Waals surface area contributed by atoms with Crippen molar-refractivity contribution in [3.8, 4) is 5.75 Å². The number of anilines is 1. The third-order valence-corrected chi connectivity index (χ3v) is 5.23. The summed E-state index contributed by atoms with van der Waals surface area (Å²) in [6.07, 6.45) is 0. The Kier molecular flexibility index (Phi) is 6.66. The van der Waals surface area contributed by atoms with Crippen LogP contribution in [-0.4, -0.2) is 12.5 Å². The summed E-state index contributed by atoms with van der Waals surface area (Å²) in [5.41, 5.74) is 1.25. The first-order valence-electron chi connectivity index (χ1n) is 8.78. The lowest BCUT2D eigenvalue weighted by molar-refractivity contribution is -0.115. The first-order chi connectivity index (χ1) is 13.6. The number of nitrogens with one attached hydrogen (secondary N) is 1. The summed E-state index contributed by atoms with van der Waals surface area (Å²) in [5, 5.41) is 2.14. The molecule has 3 aromatic carbocycles. The van der Waals surface area contributed by atoms with Crippen LogP contribution in [0.15, 0.2) is 77.7 Å². The predicted octanol–water partition coefficient (Wildman–Crippen LogP) is 5.84. The van der Waals surface area contributed by atoms with E-state index in [9.17, 15) is 13.6 Å². The summed E-state index contributed by atoms with van der Waals surface area (Å²) >= 11 is 1.03. The lowest BCUT2D eigenvalue weighted by Gasteiger charge is -2.18. The zero-order valence-electron chi connectivity index (χ0n) is 15.2. The number of thioether (sulfide) groups is 1. The minimum Gasteiger partial charge on any atom is -0.492 e. The van der Waals surface area contributed by atoms with Crippen LogP contribution in [0.1, 0.15) is 17.7 Å². The Balaban J connectivity index is 1.90. The minimum absolute atomic E-state index is 0.198. The van der Waals surface area contributed by atoms with E-state index in [0.717, 1.165) is 17.8 Å². The van der Waals surface area contributed by atoms with Gasteiger partial charge in [0.05, 0.1) is 12.3 Å². The van der Waals surface area contributed by atoms with Gasteiger partial charge in [0, 0.05) is 11.0 Å². The summed E-state index contributed by atoms with van der Waals surface area (Å²) in [6, 6.07) is 19.5. The monoisotopic (exact) mass is 399 g/mol. The Bertz CT molecular complexity index is 950. The van der Waals surface area contributed by atoms with Gasteiger partial charge in [-0.25, -0.2) is 8.78 Å². The van der Waals surface area contributed by atoms with Crippen molar-refractivity contribution in [3.05, 3.63) is 90.0 Å². The minimum atomic E-state index is -0.726. The van der Waals surface area contributed by atoms with E-state index < -0.39 is 16.9 Å². The fourth-order valence-corrected chi connectivity index (χ4v) is 3.68. The van der Waals surface area contributed by atoms with Crippen LogP contribution in [0.2, 0.25) is 0 Å². The molecule has 0 saturated heterocycles. The van der Waals surface area contributed by atoms with Crippen LogP contribution in [0.3, 0.4) is 0 Å². The lowest BCUT2D eigenvalue weighted by atomic mass is 10.1. The highest BCUT2D eigenvalue weighted by molar-refractivity contribution is 8.00. The van der Waals surface area contributed by atoms with Gasteiger partial charge in [0.2, 0.25) is 5.91 Å². The molecule has 0 aliphatic carbocycles. The van der Waals surface area contributed by atoms with Crippen LogP contribution in [0.4, 0.5) is 14.5 Å². The quantitative estimate of drug-likeness (QED) is 0.508. The summed E-state index contributed by atoms with van der Waals surface area (Å²) in [7, 11) is 0. The maximum Gasteiger partial charge on any atom is 0.242 e. The molecule has 0 aromatic heterocycles. The van der Waals surface area contributed by atoms with E-state index >= 15 is 0 Å². The van der Waals surface area contributed by atoms with Gasteiger partial charge < -0.3 is 10.1 Å². The third kappa shape index (κ3) is 4.89. The number of ether oxygens (including phenoxy) is 1. The van der Waals surface area contributed by atoms with E-state index in [-0.39, 0.29) is 10.8 Å². The highest BCUT2D eigenvalue weighted by Gasteiger charge is 2.24. The van der Waals surface area contributed by atoms with Gasteiger partial charge in [0.1, 0.15) is 22.6 Å². The maximum atomic E-state index is 14.2. The molecule has 0 spiro atoms. The molecule has 0 unspecified atom stereocenters. The molecule has 0 saturated carbocycles. The maximum absolute atomic E-state index is 14.2. The molecule has 1 atom stereocenters. The Morgan fingerprint density at radius 1 is 1.04 bits per heavy atom. The van der Waals surface area contributed by atoms with Crippen LogP contribution in [0.25, 0.3) is 0 Å². The lowest BCUT2D eigenvalue weighted by Crippen LogP contribution is -2.19. The predicted molar refractivity (Wildman–Crippen MR) is 108 cm³/mol. The van der Waals surface area contributed by atoms with E-state index in [1.165, 1.54) is 12.1 Å². The number of carbonyl (C=O) groups is 1. The van der Waals surface area contributed by atoms with Gasteiger partial charge in [-0.2, -0.15) is 0 Å². The normalized spacial score (nSPS) is 11.7. The van der Waals surface area contributed by atoms with E-state index in [2.05, 4.69) is 5.32 Å². The van der Waals surface area contributed by atoms with E-state index in [4.69, 9.17) is 4.74 Å². The van der Waals surface area contributed by atoms with Crippen LogP contribution < -0.4 is 10.1 Å². The Hall–Kier alpha value is -2.86. The molecule has 0 radical (unpaired) electrons. The van der Waals surface area contributed by atoms with Gasteiger partial charge >= 0.3 is 0 Å². The van der Waals surface area contributed by atoms with Crippen molar-refractivity contribution in [1.82, 2.24) is 0 Å². The Morgan fingerprint density at radius 3 is 2.46 bits per heavy atom. The second kappa shape index (κ2) is 9.37. The van der Waals surface area contributed by atoms with Gasteiger partial charge in [-0.15, -0.1) is 11.8 Å². The molecular formula is C22H19F2NO2S. The smallest absolute Gasteiger partial charge is 0.242 e. The largest absolute Gasteiger partial charge is 0.492 e. The molecule has 6 heteroatoms. The molecule has 3 aromatic rings. The number of para-hydroxylation sites is 2. The van der Waals surface area contributed by atoms with E-state index in [1.54, 1.807) is 30.3 Å². The van der Waals surface area contributed by atoms with Crippen molar-refractivity contribution in [2.45, 2.75) is 17.1 Å². The second-order valence-corrected chi connectivity index (χ2v) is 7.05. The summed E-state index contributed by atoms with van der Waals surface area (Å²) in [6.45, 7) is 2.32. The molecule has 1 N–H and O–H groups in total. The number of rotatable bonds is 7. The van der Waals surface area contributed by atoms with Crippen molar-refractivity contribution >= 4 is 23.4 Å². The van der Waals surface area contributed by atoms with Crippen LogP contribution in [-0.2, 0) is 4.79 Å². The highest BCUT2D eigenvalue weighted by atomic mass is 32.2. The van der Waals surface area contributed by atoms with E-state index in [0.29, 0.717) is 23.6 Å². The van der Waals surface area contributed by atoms with Crippen molar-refractivity contribution in [2.75, 3.05) is 11.9 Å². The number of amides is 1. The molecule has 0 bridgehead atoms. The zero-order chi connectivity index (χ0) is 19.9. The SMILES string of the molecule is CCOc1ccccc1NC(=O)[C@@H](Sc1ccc(F)cc1F)c1ccccc1. The number of carbonyl (C=O) groups excluding carboxylic acids is 1.